The SMILES string of the molecule is C=CCN(C(C)C)S(=O)(=O)c1cccc(S(N)(=O)=O)c1. The molecule has 0 radical (unpaired) electrons. The Balaban J connectivity index is 3.38. The molecule has 0 atom stereocenters. The molecule has 0 heterocycles. The maximum atomic E-state index is 12.5. The first-order valence-corrected chi connectivity index (χ1v) is 8.85. The summed E-state index contributed by atoms with van der Waals surface area (Å²) in [6.45, 7) is 7.12. The maximum absolute atomic E-state index is 12.5. The lowest BCUT2D eigenvalue weighted by atomic mass is 10.4. The summed E-state index contributed by atoms with van der Waals surface area (Å²) in [7, 11) is -7.75. The van der Waals surface area contributed by atoms with Crippen molar-refractivity contribution < 1.29 is 16.8 Å². The third-order valence-electron chi connectivity index (χ3n) is 2.63. The number of primary sulfonamides is 1. The van der Waals surface area contributed by atoms with E-state index in [2.05, 4.69) is 6.58 Å². The minimum atomic E-state index is -3.95. The molecule has 8 heteroatoms. The van der Waals surface area contributed by atoms with Crippen molar-refractivity contribution in [1.29, 1.82) is 0 Å². The van der Waals surface area contributed by atoms with Crippen LogP contribution in [0.15, 0.2) is 46.7 Å². The summed E-state index contributed by atoms with van der Waals surface area (Å²) in [6.07, 6.45) is 1.47. The first kappa shape index (κ1) is 16.8. The Labute approximate surface area is 120 Å². The van der Waals surface area contributed by atoms with Gasteiger partial charge in [-0.3, -0.25) is 0 Å². The Morgan fingerprint density at radius 2 is 1.80 bits per heavy atom. The lowest BCUT2D eigenvalue weighted by Crippen LogP contribution is -2.37. The number of nitrogens with zero attached hydrogens (tertiary/aromatic N) is 1. The highest BCUT2D eigenvalue weighted by Crippen LogP contribution is 2.20. The Hall–Kier alpha value is -1.22. The molecule has 0 unspecified atom stereocenters. The number of nitrogens with two attached hydrogens (primary N) is 1. The van der Waals surface area contributed by atoms with E-state index in [-0.39, 0.29) is 22.4 Å². The van der Waals surface area contributed by atoms with E-state index in [1.807, 2.05) is 0 Å². The summed E-state index contributed by atoms with van der Waals surface area (Å²) in [6, 6.07) is 4.71. The number of hydrogen-bond donors (Lipinski definition) is 1. The van der Waals surface area contributed by atoms with E-state index in [0.29, 0.717) is 0 Å². The molecule has 0 fully saturated rings. The number of rotatable bonds is 6. The molecule has 6 nitrogen and oxygen atoms in total. The molecule has 0 saturated heterocycles. The fourth-order valence-corrected chi connectivity index (χ4v) is 3.95. The van der Waals surface area contributed by atoms with Crippen LogP contribution in [0.25, 0.3) is 0 Å². The van der Waals surface area contributed by atoms with Crippen LogP contribution in [0.5, 0.6) is 0 Å². The van der Waals surface area contributed by atoms with Crippen molar-refractivity contribution in [2.75, 3.05) is 6.54 Å². The van der Waals surface area contributed by atoms with Crippen LogP contribution in [0, 0.1) is 0 Å². The van der Waals surface area contributed by atoms with Crippen LogP contribution >= 0.6 is 0 Å². The molecular formula is C12H18N2O4S2. The Morgan fingerprint density at radius 3 is 2.25 bits per heavy atom. The van der Waals surface area contributed by atoms with E-state index in [1.54, 1.807) is 13.8 Å². The summed E-state index contributed by atoms with van der Waals surface area (Å²) < 4.78 is 48.8. The van der Waals surface area contributed by atoms with Gasteiger partial charge in [0.1, 0.15) is 0 Å². The molecule has 1 rings (SSSR count). The van der Waals surface area contributed by atoms with Crippen LogP contribution in [0.2, 0.25) is 0 Å². The van der Waals surface area contributed by atoms with Gasteiger partial charge in [-0.25, -0.2) is 22.0 Å². The lowest BCUT2D eigenvalue weighted by Gasteiger charge is -2.24. The monoisotopic (exact) mass is 318 g/mol. The van der Waals surface area contributed by atoms with Crippen LogP contribution in [0.1, 0.15) is 13.8 Å². The molecule has 2 N–H and O–H groups in total. The average molecular weight is 318 g/mol. The molecule has 0 aromatic heterocycles. The topological polar surface area (TPSA) is 97.5 Å². The molecule has 112 valence electrons. The largest absolute Gasteiger partial charge is 0.243 e. The molecule has 0 bridgehead atoms. The summed E-state index contributed by atoms with van der Waals surface area (Å²) in [4.78, 5) is -0.347. The van der Waals surface area contributed by atoms with E-state index in [9.17, 15) is 16.8 Å². The minimum Gasteiger partial charge on any atom is -0.225 e. The zero-order chi connectivity index (χ0) is 15.6. The van der Waals surface area contributed by atoms with Crippen LogP contribution < -0.4 is 5.14 Å². The first-order valence-electron chi connectivity index (χ1n) is 5.86. The Morgan fingerprint density at radius 1 is 1.25 bits per heavy atom. The zero-order valence-electron chi connectivity index (χ0n) is 11.4. The van der Waals surface area contributed by atoms with Crippen molar-refractivity contribution >= 4 is 20.0 Å². The van der Waals surface area contributed by atoms with Crippen molar-refractivity contribution in [3.63, 3.8) is 0 Å². The van der Waals surface area contributed by atoms with Gasteiger partial charge in [0.15, 0.2) is 0 Å². The predicted octanol–water partition coefficient (Wildman–Crippen LogP) is 0.919. The molecule has 0 amide bonds. The van der Waals surface area contributed by atoms with Gasteiger partial charge in [0.25, 0.3) is 0 Å². The highest BCUT2D eigenvalue weighted by Gasteiger charge is 2.26. The van der Waals surface area contributed by atoms with Gasteiger partial charge in [-0.1, -0.05) is 12.1 Å². The van der Waals surface area contributed by atoms with E-state index < -0.39 is 20.0 Å². The van der Waals surface area contributed by atoms with Crippen molar-refractivity contribution in [3.8, 4) is 0 Å². The van der Waals surface area contributed by atoms with Gasteiger partial charge < -0.3 is 0 Å². The van der Waals surface area contributed by atoms with Gasteiger partial charge in [-0.05, 0) is 32.0 Å². The third-order valence-corrected chi connectivity index (χ3v) is 5.57. The molecule has 1 aromatic rings. The quantitative estimate of drug-likeness (QED) is 0.789. The average Bonchev–Trinajstić information content (AvgIpc) is 2.34. The number of sulfonamides is 2. The smallest absolute Gasteiger partial charge is 0.225 e. The third kappa shape index (κ3) is 3.66. The van der Waals surface area contributed by atoms with E-state index in [4.69, 9.17) is 5.14 Å². The molecule has 0 aliphatic rings. The molecule has 0 aliphatic carbocycles. The fourth-order valence-electron chi connectivity index (χ4n) is 1.66. The lowest BCUT2D eigenvalue weighted by molar-refractivity contribution is 0.383. The van der Waals surface area contributed by atoms with Gasteiger partial charge >= 0.3 is 0 Å². The van der Waals surface area contributed by atoms with Gasteiger partial charge in [0, 0.05) is 12.6 Å². The fraction of sp³-hybridized carbons (Fsp3) is 0.333. The maximum Gasteiger partial charge on any atom is 0.243 e. The van der Waals surface area contributed by atoms with Gasteiger partial charge in [0.05, 0.1) is 9.79 Å². The summed E-state index contributed by atoms with van der Waals surface area (Å²) in [5, 5.41) is 5.01. The second kappa shape index (κ2) is 6.04. The summed E-state index contributed by atoms with van der Waals surface area (Å²) >= 11 is 0. The van der Waals surface area contributed by atoms with E-state index >= 15 is 0 Å². The summed E-state index contributed by atoms with van der Waals surface area (Å²) in [5.74, 6) is 0. The molecule has 0 saturated carbocycles. The van der Waals surface area contributed by atoms with Gasteiger partial charge in [-0.15, -0.1) is 6.58 Å². The normalized spacial score (nSPS) is 12.8. The van der Waals surface area contributed by atoms with Crippen molar-refractivity contribution in [2.45, 2.75) is 29.7 Å². The second-order valence-corrected chi connectivity index (χ2v) is 7.93. The van der Waals surface area contributed by atoms with Crippen LogP contribution in [0.3, 0.4) is 0 Å². The van der Waals surface area contributed by atoms with Gasteiger partial charge in [-0.2, -0.15) is 4.31 Å². The second-order valence-electron chi connectivity index (χ2n) is 4.48. The van der Waals surface area contributed by atoms with Crippen LogP contribution in [0.4, 0.5) is 0 Å². The number of benzene rings is 1. The Kier molecular flexibility index (Phi) is 5.09. The molecule has 20 heavy (non-hydrogen) atoms. The molecule has 1 aromatic carbocycles. The highest BCUT2D eigenvalue weighted by molar-refractivity contribution is 7.90. The zero-order valence-corrected chi connectivity index (χ0v) is 13.0. The highest BCUT2D eigenvalue weighted by atomic mass is 32.2. The van der Waals surface area contributed by atoms with Crippen molar-refractivity contribution in [1.82, 2.24) is 4.31 Å². The Bertz CT molecular complexity index is 694. The van der Waals surface area contributed by atoms with Crippen LogP contribution in [-0.4, -0.2) is 33.7 Å². The number of hydrogen-bond acceptors (Lipinski definition) is 4. The molecular weight excluding hydrogens is 300 g/mol. The molecule has 0 aliphatic heterocycles. The summed E-state index contributed by atoms with van der Waals surface area (Å²) in [5.41, 5.74) is 0. The standard InChI is InChI=1S/C12H18N2O4S2/c1-4-8-14(10(2)3)20(17,18)12-7-5-6-11(9-12)19(13,15)16/h4-7,9-10H,1,8H2,2-3H3,(H2,13,15,16). The van der Waals surface area contributed by atoms with Crippen molar-refractivity contribution in [2.24, 2.45) is 5.14 Å². The first-order chi connectivity index (χ1) is 9.10. The van der Waals surface area contributed by atoms with Crippen LogP contribution in [-0.2, 0) is 20.0 Å². The van der Waals surface area contributed by atoms with Crippen molar-refractivity contribution in [3.05, 3.63) is 36.9 Å². The minimum absolute atomic E-state index is 0.112. The van der Waals surface area contributed by atoms with Gasteiger partial charge in [0.2, 0.25) is 20.0 Å². The predicted molar refractivity (Wildman–Crippen MR) is 77.0 cm³/mol. The van der Waals surface area contributed by atoms with E-state index in [1.165, 1.54) is 28.6 Å². The molecule has 0 spiro atoms. The van der Waals surface area contributed by atoms with E-state index in [0.717, 1.165) is 6.07 Å².